The highest BCUT2D eigenvalue weighted by Gasteiger charge is 2.19. The average molecular weight is 228 g/mol. The highest BCUT2D eigenvalue weighted by Crippen LogP contribution is 2.07. The summed E-state index contributed by atoms with van der Waals surface area (Å²) in [6.45, 7) is 1.20. The van der Waals surface area contributed by atoms with E-state index in [4.69, 9.17) is 16.3 Å². The zero-order valence-corrected chi connectivity index (χ0v) is 8.90. The Morgan fingerprint density at radius 2 is 2.31 bits per heavy atom. The molecule has 78 valence electrons. The number of sulfonamides is 1. The van der Waals surface area contributed by atoms with E-state index in [1.54, 1.807) is 0 Å². The summed E-state index contributed by atoms with van der Waals surface area (Å²) < 4.78 is 30.2. The van der Waals surface area contributed by atoms with Gasteiger partial charge in [0.2, 0.25) is 10.0 Å². The standard InChI is InChI=1S/C7H14ClNO3S/c8-3-5-13(10,11)9-7-2-1-4-12-6-7/h7,9H,1-6H2. The van der Waals surface area contributed by atoms with Gasteiger partial charge in [-0.1, -0.05) is 0 Å². The van der Waals surface area contributed by atoms with Gasteiger partial charge in [-0.2, -0.15) is 0 Å². The molecule has 0 aliphatic carbocycles. The van der Waals surface area contributed by atoms with Crippen LogP contribution in [0, 0.1) is 0 Å². The molecule has 13 heavy (non-hydrogen) atoms. The fourth-order valence-electron chi connectivity index (χ4n) is 1.25. The van der Waals surface area contributed by atoms with Gasteiger partial charge < -0.3 is 4.74 Å². The van der Waals surface area contributed by atoms with Crippen LogP contribution in [0.5, 0.6) is 0 Å². The molecule has 4 nitrogen and oxygen atoms in total. The topological polar surface area (TPSA) is 55.4 Å². The molecule has 0 bridgehead atoms. The Morgan fingerprint density at radius 3 is 2.85 bits per heavy atom. The highest BCUT2D eigenvalue weighted by molar-refractivity contribution is 7.89. The van der Waals surface area contributed by atoms with Crippen molar-refractivity contribution in [3.05, 3.63) is 0 Å². The molecule has 1 atom stereocenters. The minimum absolute atomic E-state index is 0.0228. The van der Waals surface area contributed by atoms with Crippen molar-refractivity contribution >= 4 is 21.6 Å². The maximum absolute atomic E-state index is 11.2. The highest BCUT2D eigenvalue weighted by atomic mass is 35.5. The van der Waals surface area contributed by atoms with Gasteiger partial charge in [0.15, 0.2) is 0 Å². The lowest BCUT2D eigenvalue weighted by Crippen LogP contribution is -2.41. The Balaban J connectivity index is 2.37. The van der Waals surface area contributed by atoms with Crippen molar-refractivity contribution in [1.82, 2.24) is 4.72 Å². The molecule has 0 amide bonds. The van der Waals surface area contributed by atoms with Crippen LogP contribution in [0.4, 0.5) is 0 Å². The number of nitrogens with one attached hydrogen (secondary N) is 1. The van der Waals surface area contributed by atoms with Crippen LogP contribution < -0.4 is 4.72 Å². The molecule has 1 aliphatic rings. The lowest BCUT2D eigenvalue weighted by Gasteiger charge is -2.22. The molecule has 1 heterocycles. The van der Waals surface area contributed by atoms with Gasteiger partial charge in [-0.3, -0.25) is 0 Å². The van der Waals surface area contributed by atoms with Crippen molar-refractivity contribution in [2.24, 2.45) is 0 Å². The zero-order valence-electron chi connectivity index (χ0n) is 7.33. The number of halogens is 1. The molecule has 0 aromatic heterocycles. The fraction of sp³-hybridized carbons (Fsp3) is 1.00. The maximum atomic E-state index is 11.2. The van der Waals surface area contributed by atoms with Crippen LogP contribution in [0.2, 0.25) is 0 Å². The summed E-state index contributed by atoms with van der Waals surface area (Å²) in [6.07, 6.45) is 1.76. The summed E-state index contributed by atoms with van der Waals surface area (Å²) in [6, 6.07) is -0.0676. The van der Waals surface area contributed by atoms with E-state index in [1.165, 1.54) is 0 Å². The summed E-state index contributed by atoms with van der Waals surface area (Å²) >= 11 is 5.35. The summed E-state index contributed by atoms with van der Waals surface area (Å²) in [7, 11) is -3.19. The van der Waals surface area contributed by atoms with Crippen molar-refractivity contribution in [2.75, 3.05) is 24.8 Å². The molecule has 1 aliphatic heterocycles. The maximum Gasteiger partial charge on any atom is 0.213 e. The van der Waals surface area contributed by atoms with Gasteiger partial charge in [0.05, 0.1) is 12.4 Å². The molecule has 0 saturated carbocycles. The van der Waals surface area contributed by atoms with Crippen LogP contribution in [-0.4, -0.2) is 39.3 Å². The van der Waals surface area contributed by atoms with Gasteiger partial charge in [0.1, 0.15) is 0 Å². The van der Waals surface area contributed by atoms with Gasteiger partial charge in [0.25, 0.3) is 0 Å². The first kappa shape index (κ1) is 11.2. The van der Waals surface area contributed by atoms with Crippen LogP contribution in [-0.2, 0) is 14.8 Å². The number of hydrogen-bond donors (Lipinski definition) is 1. The SMILES string of the molecule is O=S(=O)(CCCl)NC1CCCOC1. The molecule has 1 fully saturated rings. The first-order valence-electron chi connectivity index (χ1n) is 4.28. The number of alkyl halides is 1. The Labute approximate surface area is 83.7 Å². The summed E-state index contributed by atoms with van der Waals surface area (Å²) in [5, 5.41) is 0. The fourth-order valence-corrected chi connectivity index (χ4v) is 2.87. The predicted molar refractivity (Wildman–Crippen MR) is 51.5 cm³/mol. The van der Waals surface area contributed by atoms with Crippen LogP contribution in [0.3, 0.4) is 0 Å². The van der Waals surface area contributed by atoms with Crippen LogP contribution >= 0.6 is 11.6 Å². The molecule has 0 radical (unpaired) electrons. The van der Waals surface area contributed by atoms with E-state index in [1.807, 2.05) is 0 Å². The number of hydrogen-bond acceptors (Lipinski definition) is 3. The third-order valence-electron chi connectivity index (χ3n) is 1.85. The lowest BCUT2D eigenvalue weighted by atomic mass is 10.1. The Hall–Kier alpha value is 0.160. The quantitative estimate of drug-likeness (QED) is 0.704. The van der Waals surface area contributed by atoms with Crippen LogP contribution in [0.15, 0.2) is 0 Å². The van der Waals surface area contributed by atoms with Gasteiger partial charge in [-0.05, 0) is 12.8 Å². The van der Waals surface area contributed by atoms with Crippen molar-refractivity contribution in [3.8, 4) is 0 Å². The van der Waals surface area contributed by atoms with Gasteiger partial charge in [-0.25, -0.2) is 13.1 Å². The van der Waals surface area contributed by atoms with E-state index in [9.17, 15) is 8.42 Å². The normalized spacial score (nSPS) is 24.5. The molecule has 0 aromatic rings. The smallest absolute Gasteiger partial charge is 0.213 e. The van der Waals surface area contributed by atoms with E-state index in [2.05, 4.69) is 4.72 Å². The van der Waals surface area contributed by atoms with Crippen LogP contribution in [0.1, 0.15) is 12.8 Å². The van der Waals surface area contributed by atoms with Crippen LogP contribution in [0.25, 0.3) is 0 Å². The monoisotopic (exact) mass is 227 g/mol. The summed E-state index contributed by atoms with van der Waals surface area (Å²) in [4.78, 5) is 0. The first-order chi connectivity index (χ1) is 6.14. The largest absolute Gasteiger partial charge is 0.380 e. The molecule has 1 saturated heterocycles. The zero-order chi connectivity index (χ0) is 9.73. The van der Waals surface area contributed by atoms with Crippen molar-refractivity contribution in [3.63, 3.8) is 0 Å². The number of ether oxygens (including phenoxy) is 1. The van der Waals surface area contributed by atoms with E-state index in [0.717, 1.165) is 19.4 Å². The number of rotatable bonds is 4. The van der Waals surface area contributed by atoms with Crippen molar-refractivity contribution < 1.29 is 13.2 Å². The minimum atomic E-state index is -3.19. The summed E-state index contributed by atoms with van der Waals surface area (Å²) in [5.74, 6) is 0.105. The van der Waals surface area contributed by atoms with Crippen molar-refractivity contribution in [2.45, 2.75) is 18.9 Å². The molecular weight excluding hydrogens is 214 g/mol. The molecule has 1 rings (SSSR count). The predicted octanol–water partition coefficient (Wildman–Crippen LogP) is 0.324. The lowest BCUT2D eigenvalue weighted by molar-refractivity contribution is 0.0774. The van der Waals surface area contributed by atoms with E-state index >= 15 is 0 Å². The van der Waals surface area contributed by atoms with Gasteiger partial charge in [0, 0.05) is 18.5 Å². The molecule has 1 unspecified atom stereocenters. The third-order valence-corrected chi connectivity index (χ3v) is 3.70. The molecule has 0 aromatic carbocycles. The molecule has 1 N–H and O–H groups in total. The average Bonchev–Trinajstić information content (AvgIpc) is 2.04. The summed E-state index contributed by atoms with van der Waals surface area (Å²) in [5.41, 5.74) is 0. The second kappa shape index (κ2) is 5.14. The second-order valence-electron chi connectivity index (χ2n) is 3.04. The van der Waals surface area contributed by atoms with Gasteiger partial charge in [-0.15, -0.1) is 11.6 Å². The van der Waals surface area contributed by atoms with E-state index in [0.29, 0.717) is 6.61 Å². The molecule has 6 heteroatoms. The Morgan fingerprint density at radius 1 is 1.54 bits per heavy atom. The van der Waals surface area contributed by atoms with E-state index in [-0.39, 0.29) is 17.7 Å². The molecule has 0 spiro atoms. The van der Waals surface area contributed by atoms with E-state index < -0.39 is 10.0 Å². The Kier molecular flexibility index (Phi) is 4.45. The van der Waals surface area contributed by atoms with Crippen molar-refractivity contribution in [1.29, 1.82) is 0 Å². The first-order valence-corrected chi connectivity index (χ1v) is 6.46. The Bertz CT molecular complexity index is 236. The minimum Gasteiger partial charge on any atom is -0.380 e. The third kappa shape index (κ3) is 4.26. The van der Waals surface area contributed by atoms with Gasteiger partial charge >= 0.3 is 0 Å². The second-order valence-corrected chi connectivity index (χ2v) is 5.29. The molecular formula is C7H14ClNO3S.